The van der Waals surface area contributed by atoms with Gasteiger partial charge in [-0.1, -0.05) is 170 Å². The van der Waals surface area contributed by atoms with E-state index in [1.807, 2.05) is 133 Å². The molecule has 6 heteroatoms. The largest absolute Gasteiger partial charge is 0.485 e. The van der Waals surface area contributed by atoms with E-state index in [-0.39, 0.29) is 6.61 Å². The molecule has 1 aliphatic rings. The summed E-state index contributed by atoms with van der Waals surface area (Å²) in [5.74, 6) is 0.698. The van der Waals surface area contributed by atoms with E-state index in [4.69, 9.17) is 36.3 Å². The minimum Gasteiger partial charge on any atom is -0.485 e. The Hall–Kier alpha value is -4.69. The first-order valence-electron chi connectivity index (χ1n) is 17.4. The molecule has 1 saturated heterocycles. The van der Waals surface area contributed by atoms with Crippen LogP contribution < -0.4 is 4.74 Å². The second-order valence-corrected chi connectivity index (χ2v) is 13.1. The minimum absolute atomic E-state index is 0.170. The van der Waals surface area contributed by atoms with Crippen molar-refractivity contribution in [2.75, 3.05) is 6.61 Å². The summed E-state index contributed by atoms with van der Waals surface area (Å²) in [6, 6.07) is 61.0. The molecule has 5 atom stereocenters. The van der Waals surface area contributed by atoms with Gasteiger partial charge >= 0.3 is 0 Å². The number of hydrogen-bond donors (Lipinski definition) is 1. The number of para-hydroxylation sites is 1. The van der Waals surface area contributed by atoms with Crippen LogP contribution in [0.2, 0.25) is 0 Å². The smallest absolute Gasteiger partial charge is 0.156 e. The Bertz CT molecular complexity index is 1780. The van der Waals surface area contributed by atoms with Crippen LogP contribution in [0.5, 0.6) is 5.75 Å². The van der Waals surface area contributed by atoms with Crippen molar-refractivity contribution in [1.82, 2.24) is 0 Å². The molecule has 1 aliphatic heterocycles. The quantitative estimate of drug-likeness (QED) is 0.0910. The first-order valence-corrected chi connectivity index (χ1v) is 17.9. The summed E-state index contributed by atoms with van der Waals surface area (Å²) in [5, 5.41) is 0. The molecule has 0 unspecified atom stereocenters. The monoisotopic (exact) mass is 694 g/mol. The van der Waals surface area contributed by atoms with E-state index in [9.17, 15) is 0 Å². The van der Waals surface area contributed by atoms with Crippen molar-refractivity contribution in [2.45, 2.75) is 48.7 Å². The van der Waals surface area contributed by atoms with Crippen LogP contribution in [0.1, 0.15) is 27.8 Å². The van der Waals surface area contributed by atoms with Crippen molar-refractivity contribution in [2.24, 2.45) is 0 Å². The highest BCUT2D eigenvalue weighted by Gasteiger charge is 2.49. The van der Waals surface area contributed by atoms with E-state index in [0.29, 0.717) is 19.0 Å². The minimum atomic E-state index is -0.947. The zero-order valence-electron chi connectivity index (χ0n) is 28.3. The summed E-state index contributed by atoms with van der Waals surface area (Å²) in [7, 11) is 0. The normalized spacial score (nSPS) is 20.5. The number of hydrogen-bond acceptors (Lipinski definition) is 6. The molecule has 0 aliphatic carbocycles. The molecule has 258 valence electrons. The molecule has 51 heavy (non-hydrogen) atoms. The summed E-state index contributed by atoms with van der Waals surface area (Å²) in [5.41, 5.74) is 3.52. The van der Waals surface area contributed by atoms with Gasteiger partial charge in [0.2, 0.25) is 0 Å². The molecular weight excluding hydrogens is 653 g/mol. The molecule has 0 saturated carbocycles. The fraction of sp³-hybridized carbons (Fsp3) is 0.200. The van der Waals surface area contributed by atoms with Crippen LogP contribution in [0.3, 0.4) is 0 Å². The molecular formula is C45H42O5S. The highest BCUT2D eigenvalue weighted by atomic mass is 32.1. The maximum absolute atomic E-state index is 7.28. The van der Waals surface area contributed by atoms with Gasteiger partial charge in [0.15, 0.2) is 6.10 Å². The predicted molar refractivity (Wildman–Crippen MR) is 204 cm³/mol. The Kier molecular flexibility index (Phi) is 11.6. The lowest BCUT2D eigenvalue weighted by atomic mass is 9.80. The third-order valence-electron chi connectivity index (χ3n) is 9.20. The Morgan fingerprint density at radius 3 is 1.31 bits per heavy atom. The van der Waals surface area contributed by atoms with Crippen LogP contribution in [0, 0.1) is 0 Å². The Labute approximate surface area is 306 Å². The lowest BCUT2D eigenvalue weighted by Crippen LogP contribution is -2.61. The fourth-order valence-corrected chi connectivity index (χ4v) is 7.12. The van der Waals surface area contributed by atoms with Gasteiger partial charge in [-0.15, -0.1) is 12.6 Å². The first-order chi connectivity index (χ1) is 25.2. The van der Waals surface area contributed by atoms with E-state index in [1.54, 1.807) is 0 Å². The van der Waals surface area contributed by atoms with Crippen LogP contribution in [-0.4, -0.2) is 36.5 Å². The fourth-order valence-electron chi connectivity index (χ4n) is 6.70. The maximum atomic E-state index is 7.28. The van der Waals surface area contributed by atoms with Gasteiger partial charge in [0.05, 0.1) is 19.8 Å². The average molecular weight is 695 g/mol. The van der Waals surface area contributed by atoms with Crippen molar-refractivity contribution in [1.29, 1.82) is 0 Å². The topological polar surface area (TPSA) is 46.2 Å². The summed E-state index contributed by atoms with van der Waals surface area (Å²) >= 11 is 5.01. The molecule has 5 nitrogen and oxygen atoms in total. The molecule has 0 bridgehead atoms. The highest BCUT2D eigenvalue weighted by Crippen LogP contribution is 2.42. The summed E-state index contributed by atoms with van der Waals surface area (Å²) < 4.78 is 34.3. The van der Waals surface area contributed by atoms with E-state index in [0.717, 1.165) is 27.8 Å². The SMILES string of the molecule is S[C@@H]1O[C@H](COC(c2ccccc2)(c2ccccc2)c2ccccc2)[C@@H](Oc2ccccc2)[C@H](OCc2ccccc2)[C@H]1OCc1ccccc1. The average Bonchev–Trinajstić information content (AvgIpc) is 3.20. The maximum Gasteiger partial charge on any atom is 0.156 e. The Morgan fingerprint density at radius 1 is 0.471 bits per heavy atom. The third-order valence-corrected chi connectivity index (χ3v) is 9.62. The van der Waals surface area contributed by atoms with Gasteiger partial charge < -0.3 is 23.7 Å². The van der Waals surface area contributed by atoms with Crippen LogP contribution in [-0.2, 0) is 37.8 Å². The Balaban J connectivity index is 1.27. The molecule has 6 aromatic carbocycles. The predicted octanol–water partition coefficient (Wildman–Crippen LogP) is 9.27. The molecule has 0 radical (unpaired) electrons. The van der Waals surface area contributed by atoms with Crippen molar-refractivity contribution < 1.29 is 23.7 Å². The lowest BCUT2D eigenvalue weighted by molar-refractivity contribution is -0.237. The van der Waals surface area contributed by atoms with E-state index in [1.165, 1.54) is 0 Å². The van der Waals surface area contributed by atoms with Gasteiger partial charge in [0, 0.05) is 0 Å². The number of rotatable bonds is 14. The molecule has 0 N–H and O–H groups in total. The first kappa shape index (κ1) is 34.7. The summed E-state index contributed by atoms with van der Waals surface area (Å²) in [6.07, 6.45) is -2.30. The zero-order valence-corrected chi connectivity index (χ0v) is 29.2. The summed E-state index contributed by atoms with van der Waals surface area (Å²) in [6.45, 7) is 0.904. The summed E-state index contributed by atoms with van der Waals surface area (Å²) in [4.78, 5) is 0. The lowest BCUT2D eigenvalue weighted by Gasteiger charge is -2.46. The van der Waals surface area contributed by atoms with E-state index >= 15 is 0 Å². The van der Waals surface area contributed by atoms with Gasteiger partial charge in [0.25, 0.3) is 0 Å². The van der Waals surface area contributed by atoms with Gasteiger partial charge in [-0.3, -0.25) is 0 Å². The van der Waals surface area contributed by atoms with E-state index in [2.05, 4.69) is 48.5 Å². The van der Waals surface area contributed by atoms with Crippen LogP contribution >= 0.6 is 12.6 Å². The van der Waals surface area contributed by atoms with Crippen LogP contribution in [0.4, 0.5) is 0 Å². The van der Waals surface area contributed by atoms with E-state index < -0.39 is 35.5 Å². The van der Waals surface area contributed by atoms with Crippen molar-refractivity contribution >= 4 is 12.6 Å². The number of benzene rings is 6. The van der Waals surface area contributed by atoms with Crippen molar-refractivity contribution in [3.05, 3.63) is 210 Å². The highest BCUT2D eigenvalue weighted by molar-refractivity contribution is 7.80. The standard InChI is InChI=1S/C45H42O5S/c51-44-43(47-32-35-21-9-2-10-22-35)42(46-31-34-19-7-1-8-20-34)41(49-39-29-17-6-18-30-39)40(50-44)33-48-45(36-23-11-3-12-24-36,37-25-13-4-14-26-37)38-27-15-5-16-28-38/h1-30,40-44,51H,31-33H2/t40-,41-,42+,43-,44+/m1/s1. The molecule has 7 rings (SSSR count). The molecule has 0 aromatic heterocycles. The van der Waals surface area contributed by atoms with Gasteiger partial charge in [-0.05, 0) is 39.9 Å². The number of ether oxygens (including phenoxy) is 5. The molecule has 1 fully saturated rings. The van der Waals surface area contributed by atoms with Crippen LogP contribution in [0.25, 0.3) is 0 Å². The van der Waals surface area contributed by atoms with Gasteiger partial charge in [0.1, 0.15) is 35.1 Å². The molecule has 6 aromatic rings. The zero-order chi connectivity index (χ0) is 34.7. The van der Waals surface area contributed by atoms with Gasteiger partial charge in [-0.25, -0.2) is 0 Å². The second-order valence-electron chi connectivity index (χ2n) is 12.6. The Morgan fingerprint density at radius 2 is 0.863 bits per heavy atom. The number of thiol groups is 1. The van der Waals surface area contributed by atoms with Crippen LogP contribution in [0.15, 0.2) is 182 Å². The second kappa shape index (κ2) is 17.0. The molecule has 0 amide bonds. The molecule has 0 spiro atoms. The molecule has 1 heterocycles. The van der Waals surface area contributed by atoms with Gasteiger partial charge in [-0.2, -0.15) is 0 Å². The van der Waals surface area contributed by atoms with Crippen molar-refractivity contribution in [3.8, 4) is 5.75 Å². The van der Waals surface area contributed by atoms with Crippen molar-refractivity contribution in [3.63, 3.8) is 0 Å². The third kappa shape index (κ3) is 8.28.